The second kappa shape index (κ2) is 11.1. The maximum Gasteiger partial charge on any atom is 0.0717 e. The summed E-state index contributed by atoms with van der Waals surface area (Å²) in [5.74, 6) is 0. The molecule has 142 valence electrons. The number of rotatable bonds is 11. The van der Waals surface area contributed by atoms with Crippen molar-refractivity contribution in [2.75, 3.05) is 54.5 Å². The van der Waals surface area contributed by atoms with Gasteiger partial charge in [-0.3, -0.25) is 0 Å². The summed E-state index contributed by atoms with van der Waals surface area (Å²) in [6, 6.07) is 17.2. The largest absolute Gasteiger partial charge is 0.375 e. The van der Waals surface area contributed by atoms with E-state index in [0.29, 0.717) is 13.2 Å². The standard InChI is InChI=1S/C22H32N2O2/c1-23(2)13-15-25-17-19-5-9-21(10-6-19)22-11-7-20(8-12-22)18-26-16-14-24(3)4/h5-12H,13-18H2,1-4H3. The Bertz CT molecular complexity index is 564. The average molecular weight is 357 g/mol. The third-order valence-corrected chi connectivity index (χ3v) is 4.14. The molecule has 0 heterocycles. The first-order chi connectivity index (χ1) is 12.5. The lowest BCUT2D eigenvalue weighted by Gasteiger charge is -2.11. The number of benzene rings is 2. The van der Waals surface area contributed by atoms with Gasteiger partial charge in [-0.05, 0) is 50.4 Å². The summed E-state index contributed by atoms with van der Waals surface area (Å²) < 4.78 is 11.4. The minimum atomic E-state index is 0.664. The highest BCUT2D eigenvalue weighted by atomic mass is 16.5. The maximum absolute atomic E-state index is 5.69. The van der Waals surface area contributed by atoms with Gasteiger partial charge in [-0.25, -0.2) is 0 Å². The molecule has 2 rings (SSSR count). The Morgan fingerprint density at radius 1 is 0.577 bits per heavy atom. The van der Waals surface area contributed by atoms with Crippen LogP contribution < -0.4 is 0 Å². The molecule has 0 saturated carbocycles. The highest BCUT2D eigenvalue weighted by Crippen LogP contribution is 2.21. The summed E-state index contributed by atoms with van der Waals surface area (Å²) >= 11 is 0. The number of hydrogen-bond acceptors (Lipinski definition) is 4. The molecule has 0 aliphatic heterocycles. The Labute approximate surface area is 158 Å². The van der Waals surface area contributed by atoms with Crippen molar-refractivity contribution in [1.82, 2.24) is 9.80 Å². The summed E-state index contributed by atoms with van der Waals surface area (Å²) in [5.41, 5.74) is 4.86. The number of ether oxygens (including phenoxy) is 2. The fourth-order valence-corrected chi connectivity index (χ4v) is 2.46. The van der Waals surface area contributed by atoms with E-state index in [1.807, 2.05) is 0 Å². The predicted octanol–water partition coefficient (Wildman–Crippen LogP) is 3.51. The molecular formula is C22H32N2O2. The van der Waals surface area contributed by atoms with Crippen LogP contribution in [0.15, 0.2) is 48.5 Å². The third kappa shape index (κ3) is 7.67. The highest BCUT2D eigenvalue weighted by molar-refractivity contribution is 5.63. The van der Waals surface area contributed by atoms with Crippen molar-refractivity contribution in [3.05, 3.63) is 59.7 Å². The van der Waals surface area contributed by atoms with E-state index < -0.39 is 0 Å². The van der Waals surface area contributed by atoms with Gasteiger partial charge in [0.05, 0.1) is 26.4 Å². The van der Waals surface area contributed by atoms with E-state index in [-0.39, 0.29) is 0 Å². The van der Waals surface area contributed by atoms with Crippen LogP contribution in [-0.4, -0.2) is 64.3 Å². The molecular weight excluding hydrogens is 324 g/mol. The van der Waals surface area contributed by atoms with Gasteiger partial charge in [-0.15, -0.1) is 0 Å². The SMILES string of the molecule is CN(C)CCOCc1ccc(-c2ccc(COCCN(C)C)cc2)cc1. The molecule has 2 aromatic rings. The zero-order valence-electron chi connectivity index (χ0n) is 16.6. The second-order valence-electron chi connectivity index (χ2n) is 7.11. The van der Waals surface area contributed by atoms with Gasteiger partial charge in [-0.1, -0.05) is 48.5 Å². The van der Waals surface area contributed by atoms with Crippen molar-refractivity contribution in [3.8, 4) is 11.1 Å². The van der Waals surface area contributed by atoms with Gasteiger partial charge in [0.2, 0.25) is 0 Å². The first kappa shape index (κ1) is 20.6. The molecule has 0 aromatic heterocycles. The Hall–Kier alpha value is -1.72. The van der Waals surface area contributed by atoms with Crippen LogP contribution in [0.3, 0.4) is 0 Å². The van der Waals surface area contributed by atoms with Crippen molar-refractivity contribution in [3.63, 3.8) is 0 Å². The first-order valence-electron chi connectivity index (χ1n) is 9.18. The lowest BCUT2D eigenvalue weighted by atomic mass is 10.0. The monoisotopic (exact) mass is 356 g/mol. The van der Waals surface area contributed by atoms with Gasteiger partial charge in [-0.2, -0.15) is 0 Å². The van der Waals surface area contributed by atoms with Crippen molar-refractivity contribution < 1.29 is 9.47 Å². The Morgan fingerprint density at radius 3 is 1.23 bits per heavy atom. The van der Waals surface area contributed by atoms with E-state index in [1.54, 1.807) is 0 Å². The molecule has 4 nitrogen and oxygen atoms in total. The van der Waals surface area contributed by atoms with E-state index in [1.165, 1.54) is 22.3 Å². The zero-order chi connectivity index (χ0) is 18.8. The van der Waals surface area contributed by atoms with E-state index in [2.05, 4.69) is 86.5 Å². The highest BCUT2D eigenvalue weighted by Gasteiger charge is 2.01. The fraction of sp³-hybridized carbons (Fsp3) is 0.455. The molecule has 0 amide bonds. The van der Waals surface area contributed by atoms with Crippen LogP contribution in [0.25, 0.3) is 11.1 Å². The van der Waals surface area contributed by atoms with Crippen molar-refractivity contribution in [2.45, 2.75) is 13.2 Å². The van der Waals surface area contributed by atoms with E-state index in [9.17, 15) is 0 Å². The summed E-state index contributed by atoms with van der Waals surface area (Å²) in [6.45, 7) is 4.74. The number of likely N-dealkylation sites (N-methyl/N-ethyl adjacent to an activating group) is 2. The average Bonchev–Trinajstić information content (AvgIpc) is 2.63. The van der Waals surface area contributed by atoms with E-state index >= 15 is 0 Å². The van der Waals surface area contributed by atoms with Crippen molar-refractivity contribution in [2.24, 2.45) is 0 Å². The third-order valence-electron chi connectivity index (χ3n) is 4.14. The molecule has 0 aliphatic carbocycles. The quantitative estimate of drug-likeness (QED) is 0.575. The van der Waals surface area contributed by atoms with Gasteiger partial charge in [0.25, 0.3) is 0 Å². The molecule has 26 heavy (non-hydrogen) atoms. The molecule has 0 fully saturated rings. The van der Waals surface area contributed by atoms with Crippen LogP contribution in [0.2, 0.25) is 0 Å². The zero-order valence-corrected chi connectivity index (χ0v) is 16.6. The van der Waals surface area contributed by atoms with Crippen molar-refractivity contribution >= 4 is 0 Å². The molecule has 0 unspecified atom stereocenters. The van der Waals surface area contributed by atoms with Crippen LogP contribution >= 0.6 is 0 Å². The predicted molar refractivity (Wildman–Crippen MR) is 108 cm³/mol. The Kier molecular flexibility index (Phi) is 8.78. The van der Waals surface area contributed by atoms with Crippen molar-refractivity contribution in [1.29, 1.82) is 0 Å². The van der Waals surface area contributed by atoms with Crippen LogP contribution in [0, 0.1) is 0 Å². The van der Waals surface area contributed by atoms with Gasteiger partial charge in [0.15, 0.2) is 0 Å². The Morgan fingerprint density at radius 2 is 0.923 bits per heavy atom. The lowest BCUT2D eigenvalue weighted by Crippen LogP contribution is -2.17. The van der Waals surface area contributed by atoms with Gasteiger partial charge >= 0.3 is 0 Å². The molecule has 2 aromatic carbocycles. The summed E-state index contributed by atoms with van der Waals surface area (Å²) in [7, 11) is 8.22. The van der Waals surface area contributed by atoms with Gasteiger partial charge < -0.3 is 19.3 Å². The minimum Gasteiger partial charge on any atom is -0.375 e. The summed E-state index contributed by atoms with van der Waals surface area (Å²) in [6.07, 6.45) is 0. The first-order valence-corrected chi connectivity index (χ1v) is 9.18. The van der Waals surface area contributed by atoms with Gasteiger partial charge in [0.1, 0.15) is 0 Å². The normalized spacial score (nSPS) is 11.5. The molecule has 0 radical (unpaired) electrons. The molecule has 0 atom stereocenters. The molecule has 0 N–H and O–H groups in total. The maximum atomic E-state index is 5.69. The molecule has 4 heteroatoms. The topological polar surface area (TPSA) is 24.9 Å². The summed E-state index contributed by atoms with van der Waals surface area (Å²) in [5, 5.41) is 0. The second-order valence-corrected chi connectivity index (χ2v) is 7.11. The molecule has 0 bridgehead atoms. The number of hydrogen-bond donors (Lipinski definition) is 0. The molecule has 0 spiro atoms. The van der Waals surface area contributed by atoms with Gasteiger partial charge in [0, 0.05) is 13.1 Å². The fourth-order valence-electron chi connectivity index (χ4n) is 2.46. The lowest BCUT2D eigenvalue weighted by molar-refractivity contribution is 0.105. The van der Waals surface area contributed by atoms with E-state index in [0.717, 1.165) is 26.3 Å². The summed E-state index contributed by atoms with van der Waals surface area (Å²) in [4.78, 5) is 4.25. The van der Waals surface area contributed by atoms with Crippen LogP contribution in [0.4, 0.5) is 0 Å². The number of nitrogens with zero attached hydrogens (tertiary/aromatic N) is 2. The van der Waals surface area contributed by atoms with Crippen LogP contribution in [0.1, 0.15) is 11.1 Å². The minimum absolute atomic E-state index is 0.664. The molecule has 0 saturated heterocycles. The Balaban J connectivity index is 1.81. The van der Waals surface area contributed by atoms with Crippen LogP contribution in [0.5, 0.6) is 0 Å². The van der Waals surface area contributed by atoms with Crippen LogP contribution in [-0.2, 0) is 22.7 Å². The molecule has 0 aliphatic rings. The smallest absolute Gasteiger partial charge is 0.0717 e. The van der Waals surface area contributed by atoms with E-state index in [4.69, 9.17) is 9.47 Å².